The van der Waals surface area contributed by atoms with Crippen molar-refractivity contribution in [1.82, 2.24) is 4.98 Å². The van der Waals surface area contributed by atoms with E-state index in [0.717, 1.165) is 42.1 Å². The van der Waals surface area contributed by atoms with Crippen LogP contribution in [0.15, 0.2) is 24.3 Å². The van der Waals surface area contributed by atoms with E-state index in [2.05, 4.69) is 22.4 Å². The van der Waals surface area contributed by atoms with Gasteiger partial charge in [-0.1, -0.05) is 12.1 Å². The Labute approximate surface area is 157 Å². The molecule has 138 valence electrons. The van der Waals surface area contributed by atoms with Crippen molar-refractivity contribution in [2.45, 2.75) is 51.9 Å². The molecule has 0 atom stereocenters. The fraction of sp³-hybridized carbons (Fsp3) is 0.450. The van der Waals surface area contributed by atoms with Gasteiger partial charge in [0, 0.05) is 12.1 Å². The van der Waals surface area contributed by atoms with E-state index in [0.29, 0.717) is 16.7 Å². The van der Waals surface area contributed by atoms with Gasteiger partial charge in [-0.05, 0) is 69.1 Å². The number of carbonyl (C=O) groups is 2. The van der Waals surface area contributed by atoms with Gasteiger partial charge >= 0.3 is 5.97 Å². The van der Waals surface area contributed by atoms with Gasteiger partial charge in [-0.2, -0.15) is 0 Å². The highest BCUT2D eigenvalue weighted by atomic mass is 32.1. The number of aryl methyl sites for hydroxylation is 2. The van der Waals surface area contributed by atoms with Crippen molar-refractivity contribution < 1.29 is 14.7 Å². The standard InChI is InChI=1S/C20H24N2O3S/c1-12-19(26-13(2)21-12)20(25)22-17-9-7-16(8-10-17)15-5-3-14(4-6-15)11-18(23)24/h7-10,14-15H,3-6,11H2,1-2H3,(H,22,25)(H,23,24). The third-order valence-electron chi connectivity index (χ3n) is 5.06. The number of carboxylic acids is 1. The molecular formula is C20H24N2O3S. The number of nitrogens with one attached hydrogen (secondary N) is 1. The van der Waals surface area contributed by atoms with Gasteiger partial charge in [0.15, 0.2) is 0 Å². The van der Waals surface area contributed by atoms with E-state index in [1.165, 1.54) is 16.9 Å². The molecule has 6 heteroatoms. The fourth-order valence-electron chi connectivity index (χ4n) is 3.72. The number of aliphatic carboxylic acids is 1. The average molecular weight is 372 g/mol. The molecule has 5 nitrogen and oxygen atoms in total. The molecule has 0 radical (unpaired) electrons. The Kier molecular flexibility index (Phi) is 5.71. The molecule has 0 aliphatic heterocycles. The normalized spacial score (nSPS) is 19.9. The smallest absolute Gasteiger partial charge is 0.303 e. The molecule has 1 aromatic carbocycles. The van der Waals surface area contributed by atoms with Crippen LogP contribution in [0.4, 0.5) is 5.69 Å². The second kappa shape index (κ2) is 7.99. The monoisotopic (exact) mass is 372 g/mol. The minimum Gasteiger partial charge on any atom is -0.481 e. The van der Waals surface area contributed by atoms with Crippen LogP contribution in [0.1, 0.15) is 64.0 Å². The number of rotatable bonds is 5. The van der Waals surface area contributed by atoms with E-state index in [1.807, 2.05) is 26.0 Å². The molecule has 1 saturated carbocycles. The Hall–Kier alpha value is -2.21. The molecule has 0 saturated heterocycles. The van der Waals surface area contributed by atoms with Gasteiger partial charge in [-0.15, -0.1) is 11.3 Å². The number of thiazole rings is 1. The molecule has 0 unspecified atom stereocenters. The van der Waals surface area contributed by atoms with Crippen molar-refractivity contribution in [3.63, 3.8) is 0 Å². The highest BCUT2D eigenvalue weighted by molar-refractivity contribution is 7.13. The zero-order valence-corrected chi connectivity index (χ0v) is 15.9. The van der Waals surface area contributed by atoms with Crippen LogP contribution in [0.2, 0.25) is 0 Å². The number of hydrogen-bond donors (Lipinski definition) is 2. The SMILES string of the molecule is Cc1nc(C)c(C(=O)Nc2ccc(C3CCC(CC(=O)O)CC3)cc2)s1. The Morgan fingerprint density at radius 3 is 2.35 bits per heavy atom. The van der Waals surface area contributed by atoms with Crippen LogP contribution >= 0.6 is 11.3 Å². The van der Waals surface area contributed by atoms with Gasteiger partial charge in [-0.25, -0.2) is 4.98 Å². The maximum absolute atomic E-state index is 12.4. The van der Waals surface area contributed by atoms with Crippen LogP contribution < -0.4 is 5.32 Å². The lowest BCUT2D eigenvalue weighted by molar-refractivity contribution is -0.138. The molecule has 1 amide bonds. The minimum atomic E-state index is -0.695. The second-order valence-electron chi connectivity index (χ2n) is 7.04. The number of nitrogens with zero attached hydrogens (tertiary/aromatic N) is 1. The van der Waals surface area contributed by atoms with Crippen LogP contribution in [-0.4, -0.2) is 22.0 Å². The van der Waals surface area contributed by atoms with Crippen LogP contribution in [0.25, 0.3) is 0 Å². The van der Waals surface area contributed by atoms with E-state index in [-0.39, 0.29) is 12.3 Å². The predicted molar refractivity (Wildman–Crippen MR) is 103 cm³/mol. The summed E-state index contributed by atoms with van der Waals surface area (Å²) in [5.74, 6) is -0.0143. The summed E-state index contributed by atoms with van der Waals surface area (Å²) in [4.78, 5) is 28.2. The quantitative estimate of drug-likeness (QED) is 0.793. The van der Waals surface area contributed by atoms with Gasteiger partial charge in [0.25, 0.3) is 5.91 Å². The van der Waals surface area contributed by atoms with Crippen molar-refractivity contribution in [3.8, 4) is 0 Å². The van der Waals surface area contributed by atoms with E-state index in [1.54, 1.807) is 0 Å². The molecule has 2 aromatic rings. The summed E-state index contributed by atoms with van der Waals surface area (Å²) in [6, 6.07) is 8.03. The Morgan fingerprint density at radius 1 is 1.15 bits per heavy atom. The summed E-state index contributed by atoms with van der Waals surface area (Å²) in [5, 5.41) is 12.7. The molecule has 2 N–H and O–H groups in total. The van der Waals surface area contributed by atoms with Gasteiger partial charge in [-0.3, -0.25) is 9.59 Å². The summed E-state index contributed by atoms with van der Waals surface area (Å²) < 4.78 is 0. The molecule has 3 rings (SSSR count). The fourth-order valence-corrected chi connectivity index (χ4v) is 4.53. The zero-order chi connectivity index (χ0) is 18.7. The first-order chi connectivity index (χ1) is 12.4. The lowest BCUT2D eigenvalue weighted by Gasteiger charge is -2.28. The molecule has 1 aliphatic carbocycles. The van der Waals surface area contributed by atoms with E-state index >= 15 is 0 Å². The van der Waals surface area contributed by atoms with E-state index in [4.69, 9.17) is 5.11 Å². The highest BCUT2D eigenvalue weighted by Crippen LogP contribution is 2.37. The third kappa shape index (κ3) is 4.49. The zero-order valence-electron chi connectivity index (χ0n) is 15.1. The lowest BCUT2D eigenvalue weighted by Crippen LogP contribution is -2.16. The molecule has 1 fully saturated rings. The summed E-state index contributed by atoms with van der Waals surface area (Å²) in [5.41, 5.74) is 2.81. The number of carboxylic acid groups (broad SMARTS) is 1. The number of carbonyl (C=O) groups excluding carboxylic acids is 1. The molecule has 0 spiro atoms. The molecule has 1 heterocycles. The van der Waals surface area contributed by atoms with Gasteiger partial charge in [0.05, 0.1) is 10.7 Å². The van der Waals surface area contributed by atoms with Crippen molar-refractivity contribution in [3.05, 3.63) is 45.4 Å². The summed E-state index contributed by atoms with van der Waals surface area (Å²) in [6.45, 7) is 3.75. The van der Waals surface area contributed by atoms with Crippen molar-refractivity contribution in [2.75, 3.05) is 5.32 Å². The minimum absolute atomic E-state index is 0.116. The van der Waals surface area contributed by atoms with Gasteiger partial charge in [0.2, 0.25) is 0 Å². The van der Waals surface area contributed by atoms with Crippen molar-refractivity contribution in [2.24, 2.45) is 5.92 Å². The maximum Gasteiger partial charge on any atom is 0.303 e. The Morgan fingerprint density at radius 2 is 1.81 bits per heavy atom. The first-order valence-electron chi connectivity index (χ1n) is 8.99. The predicted octanol–water partition coefficient (Wildman–Crippen LogP) is 4.76. The van der Waals surface area contributed by atoms with Gasteiger partial charge < -0.3 is 10.4 Å². The van der Waals surface area contributed by atoms with Crippen LogP contribution in [0.5, 0.6) is 0 Å². The Bertz CT molecular complexity index is 790. The number of benzene rings is 1. The van der Waals surface area contributed by atoms with Crippen molar-refractivity contribution >= 4 is 28.9 Å². The van der Waals surface area contributed by atoms with Crippen LogP contribution in [0.3, 0.4) is 0 Å². The number of hydrogen-bond acceptors (Lipinski definition) is 4. The highest BCUT2D eigenvalue weighted by Gasteiger charge is 2.24. The molecule has 1 aliphatic rings. The van der Waals surface area contributed by atoms with Crippen LogP contribution in [-0.2, 0) is 4.79 Å². The summed E-state index contributed by atoms with van der Waals surface area (Å²) in [6.07, 6.45) is 4.29. The number of aromatic nitrogens is 1. The topological polar surface area (TPSA) is 79.3 Å². The molecule has 26 heavy (non-hydrogen) atoms. The molecular weight excluding hydrogens is 348 g/mol. The van der Waals surface area contributed by atoms with Gasteiger partial charge in [0.1, 0.15) is 4.88 Å². The largest absolute Gasteiger partial charge is 0.481 e. The first kappa shape index (κ1) is 18.6. The number of anilines is 1. The Balaban J connectivity index is 1.58. The first-order valence-corrected chi connectivity index (χ1v) is 9.81. The third-order valence-corrected chi connectivity index (χ3v) is 6.13. The van der Waals surface area contributed by atoms with Crippen LogP contribution in [0, 0.1) is 19.8 Å². The lowest BCUT2D eigenvalue weighted by atomic mass is 9.77. The molecule has 1 aromatic heterocycles. The summed E-state index contributed by atoms with van der Waals surface area (Å²) >= 11 is 1.41. The average Bonchev–Trinajstić information content (AvgIpc) is 2.94. The number of amides is 1. The van der Waals surface area contributed by atoms with E-state index in [9.17, 15) is 9.59 Å². The molecule has 0 bridgehead atoms. The summed E-state index contributed by atoms with van der Waals surface area (Å²) in [7, 11) is 0. The van der Waals surface area contributed by atoms with Crippen molar-refractivity contribution in [1.29, 1.82) is 0 Å². The second-order valence-corrected chi connectivity index (χ2v) is 8.24. The maximum atomic E-state index is 12.4. The van der Waals surface area contributed by atoms with E-state index < -0.39 is 5.97 Å².